The van der Waals surface area contributed by atoms with E-state index in [1.807, 2.05) is 19.1 Å². The van der Waals surface area contributed by atoms with Gasteiger partial charge in [-0.25, -0.2) is 23.9 Å². The monoisotopic (exact) mass is 571 g/mol. The summed E-state index contributed by atoms with van der Waals surface area (Å²) in [7, 11) is 0. The van der Waals surface area contributed by atoms with Crippen LogP contribution in [0.5, 0.6) is 0 Å². The van der Waals surface area contributed by atoms with Gasteiger partial charge in [-0.05, 0) is 69.2 Å². The maximum atomic E-state index is 13.8. The molecule has 42 heavy (non-hydrogen) atoms. The summed E-state index contributed by atoms with van der Waals surface area (Å²) in [5.74, 6) is -0.466. The fourth-order valence-electron chi connectivity index (χ4n) is 5.76. The quantitative estimate of drug-likeness (QED) is 0.213. The van der Waals surface area contributed by atoms with E-state index in [1.54, 1.807) is 29.8 Å². The number of aliphatic hydroxyl groups excluding tert-OH is 1. The fourth-order valence-corrected chi connectivity index (χ4v) is 5.76. The first kappa shape index (κ1) is 27.8. The van der Waals surface area contributed by atoms with Crippen molar-refractivity contribution < 1.29 is 18.7 Å². The number of nitrogens with zero attached hydrogens (tertiary/aromatic N) is 7. The van der Waals surface area contributed by atoms with Gasteiger partial charge in [-0.3, -0.25) is 4.79 Å². The number of β-amino-alcohol motifs (C(OH)–C–C–N with tert-alkyl or cyclic N) is 1. The van der Waals surface area contributed by atoms with Crippen LogP contribution < -0.4 is 0 Å². The molecular weight excluding hydrogens is 540 g/mol. The molecule has 1 N–H and O–H groups in total. The summed E-state index contributed by atoms with van der Waals surface area (Å²) in [6, 6.07) is 12.8. The largest absolute Gasteiger partial charge is 0.392 e. The van der Waals surface area contributed by atoms with Crippen molar-refractivity contribution in [2.75, 3.05) is 19.6 Å². The van der Waals surface area contributed by atoms with E-state index in [0.717, 1.165) is 49.1 Å². The number of carbonyl (C=O) groups excluding carboxylic acids is 1. The van der Waals surface area contributed by atoms with Gasteiger partial charge in [-0.1, -0.05) is 0 Å². The zero-order chi connectivity index (χ0) is 29.4. The number of aliphatic hydroxyl groups is 1. The van der Waals surface area contributed by atoms with Gasteiger partial charge in [0.2, 0.25) is 5.95 Å². The van der Waals surface area contributed by atoms with Crippen molar-refractivity contribution in [1.29, 1.82) is 0 Å². The molecule has 1 fully saturated rings. The van der Waals surface area contributed by atoms with Crippen LogP contribution in [0.1, 0.15) is 47.7 Å². The number of ketones is 1. The topological polar surface area (TPSA) is 101 Å². The Bertz CT molecular complexity index is 1740. The molecule has 4 aromatic heterocycles. The molecular formula is C31H31F2N7O2. The average Bonchev–Trinajstić information content (AvgIpc) is 3.53. The van der Waals surface area contributed by atoms with Gasteiger partial charge in [-0.15, -0.1) is 0 Å². The van der Waals surface area contributed by atoms with Crippen LogP contribution in [-0.4, -0.2) is 70.7 Å². The second-order valence-corrected chi connectivity index (χ2v) is 10.8. The lowest BCUT2D eigenvalue weighted by molar-refractivity contribution is 0.0991. The van der Waals surface area contributed by atoms with E-state index in [9.17, 15) is 18.7 Å². The zero-order valence-corrected chi connectivity index (χ0v) is 23.4. The number of hydrogen-bond acceptors (Lipinski definition) is 7. The predicted octanol–water partition coefficient (Wildman–Crippen LogP) is 4.68. The summed E-state index contributed by atoms with van der Waals surface area (Å²) in [5.41, 5.74) is 4.30. The molecule has 216 valence electrons. The molecule has 5 aromatic rings. The maximum Gasteiger partial charge on any atom is 0.213 e. The van der Waals surface area contributed by atoms with Gasteiger partial charge in [0.1, 0.15) is 17.3 Å². The molecule has 0 unspecified atom stereocenters. The number of aryl methyl sites for hydroxylation is 1. The van der Waals surface area contributed by atoms with Gasteiger partial charge in [0.25, 0.3) is 0 Å². The van der Waals surface area contributed by atoms with Gasteiger partial charge >= 0.3 is 0 Å². The molecule has 1 aromatic carbocycles. The minimum atomic E-state index is -0.709. The van der Waals surface area contributed by atoms with Crippen molar-refractivity contribution in [2.24, 2.45) is 0 Å². The number of likely N-dealkylation sites (tertiary alicyclic amines) is 1. The minimum Gasteiger partial charge on any atom is -0.392 e. The molecule has 0 radical (unpaired) electrons. The van der Waals surface area contributed by atoms with Gasteiger partial charge in [0, 0.05) is 49.1 Å². The van der Waals surface area contributed by atoms with E-state index in [4.69, 9.17) is 10.1 Å². The lowest BCUT2D eigenvalue weighted by atomic mass is 10.0. The Morgan fingerprint density at radius 3 is 2.55 bits per heavy atom. The maximum absolute atomic E-state index is 13.8. The highest BCUT2D eigenvalue weighted by molar-refractivity contribution is 5.97. The Labute approximate surface area is 241 Å². The second-order valence-electron chi connectivity index (χ2n) is 10.8. The number of piperidine rings is 1. The molecule has 9 nitrogen and oxygen atoms in total. The number of imidazole rings is 2. The third kappa shape index (κ3) is 5.70. The number of pyridine rings is 1. The van der Waals surface area contributed by atoms with Crippen LogP contribution in [0.25, 0.3) is 28.3 Å². The number of hydrogen-bond donors (Lipinski definition) is 1. The second kappa shape index (κ2) is 11.5. The number of Topliss-reactive ketones (excluding diaryl/α,β-unsaturated/α-hetero) is 1. The predicted molar refractivity (Wildman–Crippen MR) is 153 cm³/mol. The molecule has 0 saturated carbocycles. The normalized spacial score (nSPS) is 15.4. The smallest absolute Gasteiger partial charge is 0.213 e. The Balaban J connectivity index is 1.37. The lowest BCUT2D eigenvalue weighted by Crippen LogP contribution is -2.38. The third-order valence-corrected chi connectivity index (χ3v) is 7.65. The average molecular weight is 572 g/mol. The van der Waals surface area contributed by atoms with Crippen LogP contribution in [0.3, 0.4) is 0 Å². The summed E-state index contributed by atoms with van der Waals surface area (Å²) >= 11 is 0. The van der Waals surface area contributed by atoms with Crippen LogP contribution >= 0.6 is 0 Å². The van der Waals surface area contributed by atoms with Crippen LogP contribution in [0, 0.1) is 18.7 Å². The Kier molecular flexibility index (Phi) is 7.61. The first-order valence-corrected chi connectivity index (χ1v) is 14.0. The number of fused-ring (bicyclic) bond motifs is 1. The van der Waals surface area contributed by atoms with E-state index in [1.165, 1.54) is 24.4 Å². The van der Waals surface area contributed by atoms with Crippen LogP contribution in [0.15, 0.2) is 60.9 Å². The van der Waals surface area contributed by atoms with Crippen molar-refractivity contribution in [3.63, 3.8) is 0 Å². The molecule has 11 heteroatoms. The van der Waals surface area contributed by atoms with Gasteiger partial charge in [0.15, 0.2) is 11.4 Å². The number of benzene rings is 1. The molecule has 0 spiro atoms. The molecule has 1 aliphatic heterocycles. The molecule has 0 aliphatic carbocycles. The Hall–Kier alpha value is -4.35. The van der Waals surface area contributed by atoms with E-state index in [2.05, 4.69) is 19.4 Å². The van der Waals surface area contributed by atoms with E-state index in [0.29, 0.717) is 29.3 Å². The number of rotatable bonds is 8. The first-order valence-electron chi connectivity index (χ1n) is 14.0. The van der Waals surface area contributed by atoms with Gasteiger partial charge in [-0.2, -0.15) is 9.49 Å². The molecule has 1 atom stereocenters. The van der Waals surface area contributed by atoms with E-state index < -0.39 is 5.95 Å². The van der Waals surface area contributed by atoms with Crippen molar-refractivity contribution in [3.05, 3.63) is 89.8 Å². The van der Waals surface area contributed by atoms with Crippen LogP contribution in [0.2, 0.25) is 0 Å². The molecule has 5 heterocycles. The third-order valence-electron chi connectivity index (χ3n) is 7.65. The van der Waals surface area contributed by atoms with Gasteiger partial charge in [0.05, 0.1) is 35.8 Å². The van der Waals surface area contributed by atoms with Crippen molar-refractivity contribution >= 4 is 11.4 Å². The minimum absolute atomic E-state index is 0.00888. The highest BCUT2D eigenvalue weighted by Crippen LogP contribution is 2.37. The SMILES string of the molecule is Cc1nc(-c2ccc(F)cc2)c(-c2ccc3nc(CC(=O)c4ccnc(F)c4)cn3n2)n1C1CCN(C[C@@H](C)O)CC1. The lowest BCUT2D eigenvalue weighted by Gasteiger charge is -2.34. The summed E-state index contributed by atoms with van der Waals surface area (Å²) in [4.78, 5) is 28.0. The summed E-state index contributed by atoms with van der Waals surface area (Å²) in [6.45, 7) is 6.12. The fraction of sp³-hybridized carbons (Fsp3) is 0.323. The zero-order valence-electron chi connectivity index (χ0n) is 23.4. The van der Waals surface area contributed by atoms with E-state index >= 15 is 0 Å². The number of halogens is 2. The molecule has 0 bridgehead atoms. The standard InChI is InChI=1S/C31H31F2N7O2/c1-19(41)17-38-13-10-25(11-14-38)40-20(2)35-30(21-3-5-23(32)6-4-21)31(40)26-7-8-29-36-24(18-39(29)37-26)16-27(42)22-9-12-34-28(33)15-22/h3-9,12,15,18-19,25,41H,10-11,13-14,16-17H2,1-2H3/t19-/m1/s1. The van der Waals surface area contributed by atoms with Crippen molar-refractivity contribution in [2.45, 2.75) is 45.3 Å². The molecule has 1 aliphatic rings. The molecule has 0 amide bonds. The summed E-state index contributed by atoms with van der Waals surface area (Å²) < 4.78 is 31.2. The van der Waals surface area contributed by atoms with E-state index in [-0.39, 0.29) is 35.7 Å². The first-order chi connectivity index (χ1) is 20.2. The highest BCUT2D eigenvalue weighted by Gasteiger charge is 2.28. The highest BCUT2D eigenvalue weighted by atomic mass is 19.1. The Morgan fingerprint density at radius 1 is 1.07 bits per heavy atom. The van der Waals surface area contributed by atoms with Gasteiger partial charge < -0.3 is 14.6 Å². The van der Waals surface area contributed by atoms with Crippen molar-refractivity contribution in [1.82, 2.24) is 34.0 Å². The molecule has 1 saturated heterocycles. The number of aromatic nitrogens is 6. The number of carbonyl (C=O) groups is 1. The summed E-state index contributed by atoms with van der Waals surface area (Å²) in [5, 5.41) is 14.7. The Morgan fingerprint density at radius 2 is 1.83 bits per heavy atom. The van der Waals surface area contributed by atoms with Crippen LogP contribution in [0.4, 0.5) is 8.78 Å². The molecule has 6 rings (SSSR count). The van der Waals surface area contributed by atoms with Crippen molar-refractivity contribution in [3.8, 4) is 22.6 Å². The summed E-state index contributed by atoms with van der Waals surface area (Å²) in [6.07, 6.45) is 4.35. The van der Waals surface area contributed by atoms with Crippen LogP contribution in [-0.2, 0) is 6.42 Å².